The van der Waals surface area contributed by atoms with Gasteiger partial charge in [0, 0.05) is 24.5 Å². The summed E-state index contributed by atoms with van der Waals surface area (Å²) in [6.45, 7) is 5.00. The first-order valence-corrected chi connectivity index (χ1v) is 6.28. The van der Waals surface area contributed by atoms with E-state index in [1.807, 2.05) is 24.6 Å². The molecule has 1 unspecified atom stereocenters. The molecule has 3 nitrogen and oxygen atoms in total. The average molecular weight is 265 g/mol. The Morgan fingerprint density at radius 1 is 1.37 bits per heavy atom. The predicted octanol–water partition coefficient (Wildman–Crippen LogP) is 2.82. The van der Waals surface area contributed by atoms with Crippen molar-refractivity contribution in [2.75, 3.05) is 6.54 Å². The monoisotopic (exact) mass is 265 g/mol. The van der Waals surface area contributed by atoms with Gasteiger partial charge in [-0.25, -0.2) is 13.8 Å². The molecule has 0 aliphatic carbocycles. The molecule has 1 atom stereocenters. The molecule has 1 aromatic heterocycles. The van der Waals surface area contributed by atoms with Crippen molar-refractivity contribution in [3.05, 3.63) is 53.6 Å². The van der Waals surface area contributed by atoms with Crippen LogP contribution in [0.15, 0.2) is 30.6 Å². The standard InChI is InChI=1S/C14H17F2N3/c1-3-17-13(9-19-8-7-18-10(19)2)11-5-4-6-12(15)14(11)16/h4-8,13,17H,3,9H2,1-2H3. The van der Waals surface area contributed by atoms with E-state index in [0.29, 0.717) is 18.7 Å². The summed E-state index contributed by atoms with van der Waals surface area (Å²) < 4.78 is 29.1. The smallest absolute Gasteiger partial charge is 0.163 e. The lowest BCUT2D eigenvalue weighted by Crippen LogP contribution is -2.26. The van der Waals surface area contributed by atoms with Gasteiger partial charge >= 0.3 is 0 Å². The lowest BCUT2D eigenvalue weighted by Gasteiger charge is -2.20. The molecule has 0 amide bonds. The molecule has 0 fully saturated rings. The van der Waals surface area contributed by atoms with E-state index in [2.05, 4.69) is 10.3 Å². The molecule has 0 aliphatic heterocycles. The van der Waals surface area contributed by atoms with Gasteiger partial charge in [-0.05, 0) is 19.5 Å². The van der Waals surface area contributed by atoms with Gasteiger partial charge < -0.3 is 9.88 Å². The zero-order valence-electron chi connectivity index (χ0n) is 11.0. The number of nitrogens with one attached hydrogen (secondary N) is 1. The number of rotatable bonds is 5. The predicted molar refractivity (Wildman–Crippen MR) is 69.7 cm³/mol. The van der Waals surface area contributed by atoms with Gasteiger partial charge in [-0.1, -0.05) is 19.1 Å². The van der Waals surface area contributed by atoms with E-state index < -0.39 is 11.6 Å². The Balaban J connectivity index is 2.29. The molecular weight excluding hydrogens is 248 g/mol. The first-order valence-electron chi connectivity index (χ1n) is 6.28. The molecule has 5 heteroatoms. The van der Waals surface area contributed by atoms with Crippen molar-refractivity contribution in [1.82, 2.24) is 14.9 Å². The van der Waals surface area contributed by atoms with Gasteiger partial charge in [0.25, 0.3) is 0 Å². The summed E-state index contributed by atoms with van der Waals surface area (Å²) in [5.74, 6) is -0.756. The second-order valence-electron chi connectivity index (χ2n) is 4.38. The van der Waals surface area contributed by atoms with Gasteiger partial charge in [0.2, 0.25) is 0 Å². The molecule has 0 radical (unpaired) electrons. The number of halogens is 2. The number of hydrogen-bond acceptors (Lipinski definition) is 2. The molecule has 0 aliphatic rings. The second-order valence-corrected chi connectivity index (χ2v) is 4.38. The Labute approximate surface area is 111 Å². The van der Waals surface area contributed by atoms with Crippen LogP contribution in [0.1, 0.15) is 24.4 Å². The summed E-state index contributed by atoms with van der Waals surface area (Å²) in [4.78, 5) is 4.13. The molecule has 2 rings (SSSR count). The van der Waals surface area contributed by atoms with Gasteiger partial charge in [-0.2, -0.15) is 0 Å². The van der Waals surface area contributed by atoms with Crippen LogP contribution >= 0.6 is 0 Å². The van der Waals surface area contributed by atoms with Crippen LogP contribution in [0.5, 0.6) is 0 Å². The Kier molecular flexibility index (Phi) is 4.27. The lowest BCUT2D eigenvalue weighted by atomic mass is 10.1. The molecule has 0 saturated heterocycles. The van der Waals surface area contributed by atoms with E-state index >= 15 is 0 Å². The van der Waals surface area contributed by atoms with Crippen LogP contribution in [0.3, 0.4) is 0 Å². The lowest BCUT2D eigenvalue weighted by molar-refractivity contribution is 0.430. The Hall–Kier alpha value is -1.75. The molecule has 102 valence electrons. The fraction of sp³-hybridized carbons (Fsp3) is 0.357. The summed E-state index contributed by atoms with van der Waals surface area (Å²) >= 11 is 0. The van der Waals surface area contributed by atoms with Crippen LogP contribution in [0.25, 0.3) is 0 Å². The normalized spacial score (nSPS) is 12.6. The maximum atomic E-state index is 13.9. The third-order valence-electron chi connectivity index (χ3n) is 3.11. The third kappa shape index (κ3) is 2.98. The highest BCUT2D eigenvalue weighted by atomic mass is 19.2. The maximum Gasteiger partial charge on any atom is 0.163 e. The first kappa shape index (κ1) is 13.7. The molecule has 0 bridgehead atoms. The second kappa shape index (κ2) is 5.93. The minimum Gasteiger partial charge on any atom is -0.333 e. The molecule has 2 aromatic rings. The van der Waals surface area contributed by atoms with Crippen LogP contribution in [0.2, 0.25) is 0 Å². The van der Waals surface area contributed by atoms with E-state index in [1.54, 1.807) is 12.3 Å². The number of benzene rings is 1. The van der Waals surface area contributed by atoms with E-state index in [-0.39, 0.29) is 6.04 Å². The third-order valence-corrected chi connectivity index (χ3v) is 3.11. The van der Waals surface area contributed by atoms with Crippen molar-refractivity contribution in [3.8, 4) is 0 Å². The zero-order valence-corrected chi connectivity index (χ0v) is 11.0. The molecule has 1 heterocycles. The molecule has 1 aromatic carbocycles. The number of aromatic nitrogens is 2. The van der Waals surface area contributed by atoms with Crippen molar-refractivity contribution >= 4 is 0 Å². The zero-order chi connectivity index (χ0) is 13.8. The van der Waals surface area contributed by atoms with Gasteiger partial charge in [-0.15, -0.1) is 0 Å². The summed E-state index contributed by atoms with van der Waals surface area (Å²) in [6, 6.07) is 3.98. The van der Waals surface area contributed by atoms with Crippen LogP contribution < -0.4 is 5.32 Å². The highest BCUT2D eigenvalue weighted by Crippen LogP contribution is 2.21. The molecular formula is C14H17F2N3. The summed E-state index contributed by atoms with van der Waals surface area (Å²) in [6.07, 6.45) is 3.52. The number of aryl methyl sites for hydroxylation is 1. The maximum absolute atomic E-state index is 13.9. The highest BCUT2D eigenvalue weighted by Gasteiger charge is 2.18. The van der Waals surface area contributed by atoms with Gasteiger partial charge in [0.05, 0.1) is 6.04 Å². The summed E-state index contributed by atoms with van der Waals surface area (Å²) in [5.41, 5.74) is 0.343. The Bertz CT molecular complexity index is 551. The number of hydrogen-bond donors (Lipinski definition) is 1. The summed E-state index contributed by atoms with van der Waals surface area (Å²) in [5, 5.41) is 3.18. The fourth-order valence-electron chi connectivity index (χ4n) is 2.10. The molecule has 1 N–H and O–H groups in total. The van der Waals surface area contributed by atoms with Gasteiger partial charge in [0.15, 0.2) is 11.6 Å². The highest BCUT2D eigenvalue weighted by molar-refractivity contribution is 5.22. The summed E-state index contributed by atoms with van der Waals surface area (Å²) in [7, 11) is 0. The van der Waals surface area contributed by atoms with Crippen LogP contribution in [-0.2, 0) is 6.54 Å². The number of nitrogens with zero attached hydrogens (tertiary/aromatic N) is 2. The van der Waals surface area contributed by atoms with Crippen molar-refractivity contribution in [1.29, 1.82) is 0 Å². The van der Waals surface area contributed by atoms with Crippen LogP contribution in [-0.4, -0.2) is 16.1 Å². The molecule has 19 heavy (non-hydrogen) atoms. The Morgan fingerprint density at radius 3 is 2.79 bits per heavy atom. The van der Waals surface area contributed by atoms with Crippen molar-refractivity contribution in [2.24, 2.45) is 0 Å². The van der Waals surface area contributed by atoms with E-state index in [4.69, 9.17) is 0 Å². The van der Waals surface area contributed by atoms with Crippen LogP contribution in [0.4, 0.5) is 8.78 Å². The average Bonchev–Trinajstić information content (AvgIpc) is 2.78. The van der Waals surface area contributed by atoms with Crippen molar-refractivity contribution in [2.45, 2.75) is 26.4 Å². The van der Waals surface area contributed by atoms with E-state index in [1.165, 1.54) is 6.07 Å². The SMILES string of the molecule is CCNC(Cn1ccnc1C)c1cccc(F)c1F. The van der Waals surface area contributed by atoms with Crippen molar-refractivity contribution < 1.29 is 8.78 Å². The quantitative estimate of drug-likeness (QED) is 0.901. The Morgan fingerprint density at radius 2 is 2.16 bits per heavy atom. The number of likely N-dealkylation sites (N-methyl/N-ethyl adjacent to an activating group) is 1. The van der Waals surface area contributed by atoms with E-state index in [9.17, 15) is 8.78 Å². The fourth-order valence-corrected chi connectivity index (χ4v) is 2.10. The van der Waals surface area contributed by atoms with E-state index in [0.717, 1.165) is 11.9 Å². The van der Waals surface area contributed by atoms with Gasteiger partial charge in [0.1, 0.15) is 5.82 Å². The topological polar surface area (TPSA) is 29.9 Å². The van der Waals surface area contributed by atoms with Crippen LogP contribution in [0, 0.1) is 18.6 Å². The minimum atomic E-state index is -0.817. The largest absolute Gasteiger partial charge is 0.333 e. The van der Waals surface area contributed by atoms with Crippen molar-refractivity contribution in [3.63, 3.8) is 0 Å². The minimum absolute atomic E-state index is 0.284. The van der Waals surface area contributed by atoms with Gasteiger partial charge in [-0.3, -0.25) is 0 Å². The first-order chi connectivity index (χ1) is 9.13. The molecule has 0 spiro atoms. The number of imidazole rings is 1. The molecule has 0 saturated carbocycles.